The van der Waals surface area contributed by atoms with Crippen molar-refractivity contribution >= 4 is 22.5 Å². The molecule has 1 fully saturated rings. The van der Waals surface area contributed by atoms with E-state index in [2.05, 4.69) is 10.9 Å². The Morgan fingerprint density at radius 1 is 1.50 bits per heavy atom. The van der Waals surface area contributed by atoms with Gasteiger partial charge in [0.05, 0.1) is 17.7 Å². The van der Waals surface area contributed by atoms with Crippen LogP contribution in [-0.2, 0) is 0 Å². The van der Waals surface area contributed by atoms with Crippen molar-refractivity contribution in [3.8, 4) is 12.3 Å². The van der Waals surface area contributed by atoms with E-state index < -0.39 is 0 Å². The Labute approximate surface area is 117 Å². The van der Waals surface area contributed by atoms with Crippen LogP contribution >= 0.6 is 0 Å². The van der Waals surface area contributed by atoms with Crippen LogP contribution in [0, 0.1) is 18.3 Å². The Bertz CT molecular complexity index is 691. The van der Waals surface area contributed by atoms with Crippen LogP contribution in [0.5, 0.6) is 0 Å². The molecule has 3 rings (SSSR count). The average Bonchev–Trinajstić information content (AvgIpc) is 3.14. The van der Waals surface area contributed by atoms with Crippen molar-refractivity contribution in [2.24, 2.45) is 5.92 Å². The largest absolute Gasteiger partial charge is 0.397 e. The fraction of sp³-hybridized carbons (Fsp3) is 0.312. The molecule has 1 aromatic heterocycles. The molecule has 0 atom stereocenters. The van der Waals surface area contributed by atoms with E-state index in [4.69, 9.17) is 12.2 Å². The molecule has 4 heteroatoms. The number of nitrogen functional groups attached to an aromatic ring is 1. The SMILES string of the molecule is C#CCN(CC1CC1)C(=O)c1cc2cccc(N)c2[nH]1. The van der Waals surface area contributed by atoms with Gasteiger partial charge in [0, 0.05) is 11.9 Å². The number of nitrogens with one attached hydrogen (secondary N) is 1. The lowest BCUT2D eigenvalue weighted by atomic mass is 10.2. The van der Waals surface area contributed by atoms with Crippen LogP contribution in [0.25, 0.3) is 10.9 Å². The lowest BCUT2D eigenvalue weighted by Gasteiger charge is -2.19. The van der Waals surface area contributed by atoms with Crippen LogP contribution in [0.15, 0.2) is 24.3 Å². The Kier molecular flexibility index (Phi) is 3.11. The minimum Gasteiger partial charge on any atom is -0.397 e. The van der Waals surface area contributed by atoms with E-state index in [1.807, 2.05) is 24.3 Å². The Morgan fingerprint density at radius 2 is 2.30 bits per heavy atom. The predicted octanol–water partition coefficient (Wildman–Crippen LogP) is 2.24. The van der Waals surface area contributed by atoms with E-state index in [0.29, 0.717) is 23.8 Å². The number of terminal acetylenes is 1. The van der Waals surface area contributed by atoms with Gasteiger partial charge in [0.15, 0.2) is 0 Å². The molecule has 0 aliphatic heterocycles. The second kappa shape index (κ2) is 4.93. The number of aromatic nitrogens is 1. The van der Waals surface area contributed by atoms with E-state index >= 15 is 0 Å². The zero-order valence-electron chi connectivity index (χ0n) is 11.2. The monoisotopic (exact) mass is 267 g/mol. The van der Waals surface area contributed by atoms with Crippen LogP contribution < -0.4 is 5.73 Å². The number of rotatable bonds is 4. The summed E-state index contributed by atoms with van der Waals surface area (Å²) in [6.45, 7) is 1.09. The third kappa shape index (κ3) is 2.35. The van der Waals surface area contributed by atoms with E-state index in [0.717, 1.165) is 17.4 Å². The fourth-order valence-corrected chi connectivity index (χ4v) is 2.41. The molecule has 20 heavy (non-hydrogen) atoms. The van der Waals surface area contributed by atoms with Crippen molar-refractivity contribution in [1.29, 1.82) is 0 Å². The summed E-state index contributed by atoms with van der Waals surface area (Å²) in [5.41, 5.74) is 7.91. The molecule has 0 saturated heterocycles. The number of aromatic amines is 1. The van der Waals surface area contributed by atoms with Gasteiger partial charge in [-0.1, -0.05) is 18.1 Å². The van der Waals surface area contributed by atoms with Gasteiger partial charge >= 0.3 is 0 Å². The third-order valence-corrected chi connectivity index (χ3v) is 3.66. The molecular formula is C16H17N3O. The number of anilines is 1. The normalized spacial score (nSPS) is 14.2. The molecule has 1 aromatic carbocycles. The molecule has 0 unspecified atom stereocenters. The first kappa shape index (κ1) is 12.6. The zero-order chi connectivity index (χ0) is 14.1. The average molecular weight is 267 g/mol. The lowest BCUT2D eigenvalue weighted by Crippen LogP contribution is -2.33. The number of H-pyrrole nitrogens is 1. The summed E-state index contributed by atoms with van der Waals surface area (Å²) in [4.78, 5) is 17.4. The number of fused-ring (bicyclic) bond motifs is 1. The number of benzene rings is 1. The molecule has 0 spiro atoms. The highest BCUT2D eigenvalue weighted by atomic mass is 16.2. The van der Waals surface area contributed by atoms with Gasteiger partial charge in [-0.25, -0.2) is 0 Å². The number of para-hydroxylation sites is 1. The van der Waals surface area contributed by atoms with Gasteiger partial charge in [-0.15, -0.1) is 6.42 Å². The molecule has 1 saturated carbocycles. The molecule has 1 aliphatic carbocycles. The minimum atomic E-state index is -0.0505. The molecule has 0 bridgehead atoms. The van der Waals surface area contributed by atoms with E-state index in [1.54, 1.807) is 4.90 Å². The topological polar surface area (TPSA) is 62.1 Å². The lowest BCUT2D eigenvalue weighted by molar-refractivity contribution is 0.0765. The Morgan fingerprint density at radius 3 is 2.95 bits per heavy atom. The van der Waals surface area contributed by atoms with Gasteiger partial charge < -0.3 is 15.6 Å². The molecule has 1 amide bonds. The van der Waals surface area contributed by atoms with Crippen molar-refractivity contribution in [1.82, 2.24) is 9.88 Å². The highest BCUT2D eigenvalue weighted by molar-refractivity contribution is 6.00. The smallest absolute Gasteiger partial charge is 0.271 e. The molecule has 3 N–H and O–H groups in total. The summed E-state index contributed by atoms with van der Waals surface area (Å²) in [7, 11) is 0. The fourth-order valence-electron chi connectivity index (χ4n) is 2.41. The predicted molar refractivity (Wildman–Crippen MR) is 80.2 cm³/mol. The first-order valence-corrected chi connectivity index (χ1v) is 6.79. The number of nitrogens with zero attached hydrogens (tertiary/aromatic N) is 1. The minimum absolute atomic E-state index is 0.0505. The number of amides is 1. The van der Waals surface area contributed by atoms with Crippen LogP contribution in [-0.4, -0.2) is 28.9 Å². The second-order valence-electron chi connectivity index (χ2n) is 5.33. The van der Waals surface area contributed by atoms with E-state index in [9.17, 15) is 4.79 Å². The van der Waals surface area contributed by atoms with Gasteiger partial charge in [-0.2, -0.15) is 0 Å². The van der Waals surface area contributed by atoms with Crippen molar-refractivity contribution in [2.75, 3.05) is 18.8 Å². The van der Waals surface area contributed by atoms with Gasteiger partial charge in [0.25, 0.3) is 5.91 Å². The number of hydrogen-bond donors (Lipinski definition) is 2. The second-order valence-corrected chi connectivity index (χ2v) is 5.33. The number of nitrogens with two attached hydrogens (primary N) is 1. The van der Waals surface area contributed by atoms with Crippen LogP contribution in [0.2, 0.25) is 0 Å². The molecule has 1 aliphatic rings. The summed E-state index contributed by atoms with van der Waals surface area (Å²) in [6.07, 6.45) is 7.74. The molecule has 2 aromatic rings. The zero-order valence-corrected chi connectivity index (χ0v) is 11.2. The van der Waals surface area contributed by atoms with E-state index in [1.165, 1.54) is 12.8 Å². The number of carbonyl (C=O) groups is 1. The van der Waals surface area contributed by atoms with Gasteiger partial charge in [-0.05, 0) is 30.9 Å². The van der Waals surface area contributed by atoms with Crippen LogP contribution in [0.3, 0.4) is 0 Å². The quantitative estimate of drug-likeness (QED) is 0.659. The van der Waals surface area contributed by atoms with Crippen molar-refractivity contribution in [3.05, 3.63) is 30.0 Å². The standard InChI is InChI=1S/C16H17N3O/c1-2-8-19(10-11-6-7-11)16(20)14-9-12-4-3-5-13(17)15(12)18-14/h1,3-5,9,11,18H,6-8,10,17H2. The molecule has 0 radical (unpaired) electrons. The van der Waals surface area contributed by atoms with Crippen molar-refractivity contribution < 1.29 is 4.79 Å². The summed E-state index contributed by atoms with van der Waals surface area (Å²) in [6, 6.07) is 7.47. The number of hydrogen-bond acceptors (Lipinski definition) is 2. The third-order valence-electron chi connectivity index (χ3n) is 3.66. The Hall–Kier alpha value is -2.41. The van der Waals surface area contributed by atoms with Crippen molar-refractivity contribution in [3.63, 3.8) is 0 Å². The molecule has 102 valence electrons. The summed E-state index contributed by atoms with van der Waals surface area (Å²) < 4.78 is 0. The highest BCUT2D eigenvalue weighted by Gasteiger charge is 2.27. The van der Waals surface area contributed by atoms with Gasteiger partial charge in [0.1, 0.15) is 5.69 Å². The number of carbonyl (C=O) groups excluding carboxylic acids is 1. The van der Waals surface area contributed by atoms with Crippen molar-refractivity contribution in [2.45, 2.75) is 12.8 Å². The Balaban J connectivity index is 1.89. The summed E-state index contributed by atoms with van der Waals surface area (Å²) in [5.74, 6) is 3.13. The summed E-state index contributed by atoms with van der Waals surface area (Å²) >= 11 is 0. The molecular weight excluding hydrogens is 250 g/mol. The van der Waals surface area contributed by atoms with Crippen LogP contribution in [0.1, 0.15) is 23.3 Å². The first-order chi connectivity index (χ1) is 9.69. The highest BCUT2D eigenvalue weighted by Crippen LogP contribution is 2.30. The summed E-state index contributed by atoms with van der Waals surface area (Å²) in [5, 5.41) is 0.945. The molecule has 1 heterocycles. The maximum Gasteiger partial charge on any atom is 0.271 e. The van der Waals surface area contributed by atoms with Crippen LogP contribution in [0.4, 0.5) is 5.69 Å². The van der Waals surface area contributed by atoms with E-state index in [-0.39, 0.29) is 5.91 Å². The molecule has 4 nitrogen and oxygen atoms in total. The maximum absolute atomic E-state index is 12.5. The van der Waals surface area contributed by atoms with Gasteiger partial charge in [-0.3, -0.25) is 4.79 Å². The first-order valence-electron chi connectivity index (χ1n) is 6.79. The maximum atomic E-state index is 12.5. The van der Waals surface area contributed by atoms with Gasteiger partial charge in [0.2, 0.25) is 0 Å².